The summed E-state index contributed by atoms with van der Waals surface area (Å²) in [5.74, 6) is 1.40. The van der Waals surface area contributed by atoms with Gasteiger partial charge in [-0.3, -0.25) is 0 Å². The first-order chi connectivity index (χ1) is 13.8. The molecule has 0 amide bonds. The number of hydrogen-bond donors (Lipinski definition) is 0. The molecule has 0 saturated carbocycles. The smallest absolute Gasteiger partial charge is 0.161 e. The second kappa shape index (κ2) is 8.23. The summed E-state index contributed by atoms with van der Waals surface area (Å²) in [6, 6.07) is 26.3. The topological polar surface area (TPSA) is 34.1 Å². The third kappa shape index (κ3) is 3.62. The second-order valence-electron chi connectivity index (χ2n) is 6.11. The van der Waals surface area contributed by atoms with Crippen LogP contribution in [0.25, 0.3) is 5.70 Å². The van der Waals surface area contributed by atoms with Crippen molar-refractivity contribution in [3.05, 3.63) is 95.4 Å². The molecule has 5 heteroatoms. The van der Waals surface area contributed by atoms with E-state index in [4.69, 9.17) is 14.6 Å². The summed E-state index contributed by atoms with van der Waals surface area (Å²) in [7, 11) is 3.28. The molecule has 1 aliphatic heterocycles. The van der Waals surface area contributed by atoms with Crippen LogP contribution in [0.15, 0.2) is 89.4 Å². The summed E-state index contributed by atoms with van der Waals surface area (Å²) in [5.41, 5.74) is 4.08. The fourth-order valence-electron chi connectivity index (χ4n) is 2.99. The van der Waals surface area contributed by atoms with Gasteiger partial charge in [-0.1, -0.05) is 60.3 Å². The highest BCUT2D eigenvalue weighted by Gasteiger charge is 2.21. The molecule has 3 aromatic carbocycles. The molecule has 140 valence electrons. The van der Waals surface area contributed by atoms with Crippen LogP contribution >= 0.6 is 11.8 Å². The lowest BCUT2D eigenvalue weighted by Gasteiger charge is -2.27. The van der Waals surface area contributed by atoms with Gasteiger partial charge in [0.2, 0.25) is 0 Å². The molecule has 4 rings (SSSR count). The van der Waals surface area contributed by atoms with Crippen LogP contribution in [0, 0.1) is 0 Å². The molecule has 1 heterocycles. The van der Waals surface area contributed by atoms with Crippen molar-refractivity contribution in [2.45, 2.75) is 0 Å². The van der Waals surface area contributed by atoms with E-state index in [1.807, 2.05) is 59.6 Å². The molecule has 3 aromatic rings. The fraction of sp³-hybridized carbons (Fsp3) is 0.0870. The molecule has 0 spiro atoms. The largest absolute Gasteiger partial charge is 0.493 e. The van der Waals surface area contributed by atoms with Crippen LogP contribution in [0.5, 0.6) is 11.5 Å². The van der Waals surface area contributed by atoms with Crippen molar-refractivity contribution in [3.63, 3.8) is 0 Å². The van der Waals surface area contributed by atoms with E-state index in [-0.39, 0.29) is 0 Å². The van der Waals surface area contributed by atoms with E-state index in [9.17, 15) is 0 Å². The Morgan fingerprint density at radius 1 is 0.750 bits per heavy atom. The molecule has 1 aliphatic rings. The molecule has 0 N–H and O–H groups in total. The van der Waals surface area contributed by atoms with E-state index in [0.717, 1.165) is 27.6 Å². The standard InChI is InChI=1S/C23H20N2O2S/c1-26-21-14-13-18(15-22(21)27-2)20-16-28-23(17-9-5-3-6-10-17)24-25(20)19-11-7-4-8-12-19/h3-16H,1-2H3. The van der Waals surface area contributed by atoms with Gasteiger partial charge in [-0.2, -0.15) is 5.10 Å². The molecule has 0 unspecified atom stereocenters. The third-order valence-electron chi connectivity index (χ3n) is 4.40. The lowest BCUT2D eigenvalue weighted by molar-refractivity contribution is 0.355. The molecule has 28 heavy (non-hydrogen) atoms. The zero-order valence-electron chi connectivity index (χ0n) is 15.7. The first-order valence-corrected chi connectivity index (χ1v) is 9.76. The van der Waals surface area contributed by atoms with Crippen molar-refractivity contribution in [2.24, 2.45) is 5.10 Å². The summed E-state index contributed by atoms with van der Waals surface area (Å²) in [5, 5.41) is 10.0. The quantitative estimate of drug-likeness (QED) is 0.568. The van der Waals surface area contributed by atoms with Gasteiger partial charge in [-0.05, 0) is 30.3 Å². The maximum absolute atomic E-state index is 5.49. The van der Waals surface area contributed by atoms with E-state index in [2.05, 4.69) is 29.7 Å². The highest BCUT2D eigenvalue weighted by molar-refractivity contribution is 8.17. The van der Waals surface area contributed by atoms with Crippen molar-refractivity contribution in [3.8, 4) is 11.5 Å². The van der Waals surface area contributed by atoms with Gasteiger partial charge in [0.25, 0.3) is 0 Å². The Morgan fingerprint density at radius 2 is 1.43 bits per heavy atom. The highest BCUT2D eigenvalue weighted by atomic mass is 32.2. The Bertz CT molecular complexity index is 1020. The molecular weight excluding hydrogens is 368 g/mol. The van der Waals surface area contributed by atoms with Gasteiger partial charge in [0.15, 0.2) is 11.5 Å². The SMILES string of the molecule is COc1ccc(C2=CSC(c3ccccc3)=NN2c2ccccc2)cc1OC. The third-order valence-corrected chi connectivity index (χ3v) is 5.28. The van der Waals surface area contributed by atoms with Crippen LogP contribution in [-0.4, -0.2) is 19.3 Å². The van der Waals surface area contributed by atoms with Gasteiger partial charge in [-0.15, -0.1) is 0 Å². The Morgan fingerprint density at radius 3 is 2.11 bits per heavy atom. The van der Waals surface area contributed by atoms with E-state index < -0.39 is 0 Å². The van der Waals surface area contributed by atoms with Crippen LogP contribution in [0.1, 0.15) is 11.1 Å². The van der Waals surface area contributed by atoms with Crippen LogP contribution < -0.4 is 14.5 Å². The normalized spacial score (nSPS) is 13.6. The maximum atomic E-state index is 5.49. The van der Waals surface area contributed by atoms with E-state index in [1.165, 1.54) is 0 Å². The van der Waals surface area contributed by atoms with E-state index in [1.54, 1.807) is 26.0 Å². The average Bonchev–Trinajstić information content (AvgIpc) is 2.79. The summed E-state index contributed by atoms with van der Waals surface area (Å²) in [6.07, 6.45) is 0. The molecule has 0 saturated heterocycles. The van der Waals surface area contributed by atoms with Crippen LogP contribution in [0.4, 0.5) is 5.69 Å². The zero-order chi connectivity index (χ0) is 19.3. The predicted molar refractivity (Wildman–Crippen MR) is 117 cm³/mol. The van der Waals surface area contributed by atoms with Gasteiger partial charge < -0.3 is 9.47 Å². The number of anilines is 1. The first-order valence-electron chi connectivity index (χ1n) is 8.88. The minimum Gasteiger partial charge on any atom is -0.493 e. The molecule has 0 radical (unpaired) electrons. The van der Waals surface area contributed by atoms with Crippen molar-refractivity contribution >= 4 is 28.2 Å². The monoisotopic (exact) mass is 388 g/mol. The first kappa shape index (κ1) is 18.2. The summed E-state index contributed by atoms with van der Waals surface area (Å²) >= 11 is 1.62. The fourth-order valence-corrected chi connectivity index (χ4v) is 3.85. The van der Waals surface area contributed by atoms with Gasteiger partial charge >= 0.3 is 0 Å². The Labute approximate surface area is 169 Å². The summed E-state index contributed by atoms with van der Waals surface area (Å²) < 4.78 is 10.9. The molecular formula is C23H20N2O2S. The van der Waals surface area contributed by atoms with E-state index in [0.29, 0.717) is 11.5 Å². The Kier molecular flexibility index (Phi) is 5.35. The summed E-state index contributed by atoms with van der Waals surface area (Å²) in [6.45, 7) is 0. The second-order valence-corrected chi connectivity index (χ2v) is 6.97. The average molecular weight is 388 g/mol. The zero-order valence-corrected chi connectivity index (χ0v) is 16.5. The van der Waals surface area contributed by atoms with Crippen molar-refractivity contribution in [1.29, 1.82) is 0 Å². The molecule has 0 atom stereocenters. The van der Waals surface area contributed by atoms with Crippen LogP contribution in [0.3, 0.4) is 0 Å². The van der Waals surface area contributed by atoms with Crippen LogP contribution in [-0.2, 0) is 0 Å². The highest BCUT2D eigenvalue weighted by Crippen LogP contribution is 2.37. The number of thioether (sulfide) groups is 1. The van der Waals surface area contributed by atoms with Gasteiger partial charge in [-0.25, -0.2) is 5.01 Å². The van der Waals surface area contributed by atoms with Crippen molar-refractivity contribution in [1.82, 2.24) is 0 Å². The molecule has 4 nitrogen and oxygen atoms in total. The lowest BCUT2D eigenvalue weighted by atomic mass is 10.1. The predicted octanol–water partition coefficient (Wildman–Crippen LogP) is 5.62. The van der Waals surface area contributed by atoms with Gasteiger partial charge in [0, 0.05) is 16.5 Å². The van der Waals surface area contributed by atoms with Gasteiger partial charge in [0.05, 0.1) is 25.6 Å². The molecule has 0 aliphatic carbocycles. The number of hydrogen-bond acceptors (Lipinski definition) is 5. The van der Waals surface area contributed by atoms with E-state index >= 15 is 0 Å². The Hall–Kier alpha value is -3.18. The number of nitrogens with zero attached hydrogens (tertiary/aromatic N) is 2. The minimum atomic E-state index is 0.691. The lowest BCUT2D eigenvalue weighted by Crippen LogP contribution is -2.20. The van der Waals surface area contributed by atoms with Gasteiger partial charge in [0.1, 0.15) is 5.04 Å². The van der Waals surface area contributed by atoms with Crippen molar-refractivity contribution in [2.75, 3.05) is 19.2 Å². The number of rotatable bonds is 5. The molecule has 0 fully saturated rings. The number of methoxy groups -OCH3 is 2. The number of ether oxygens (including phenoxy) is 2. The Balaban J connectivity index is 1.78. The number of hydrazone groups is 1. The maximum Gasteiger partial charge on any atom is 0.161 e. The number of para-hydroxylation sites is 1. The number of benzene rings is 3. The van der Waals surface area contributed by atoms with Crippen molar-refractivity contribution < 1.29 is 9.47 Å². The minimum absolute atomic E-state index is 0.691. The summed E-state index contributed by atoms with van der Waals surface area (Å²) in [4.78, 5) is 0. The molecule has 0 aromatic heterocycles. The molecule has 0 bridgehead atoms. The van der Waals surface area contributed by atoms with Crippen LogP contribution in [0.2, 0.25) is 0 Å².